The first-order valence-electron chi connectivity index (χ1n) is 5.16. The molecule has 0 N–H and O–H groups in total. The van der Waals surface area contributed by atoms with Crippen LogP contribution in [-0.4, -0.2) is 0 Å². The lowest BCUT2D eigenvalue weighted by Crippen LogP contribution is -2.08. The van der Waals surface area contributed by atoms with Gasteiger partial charge in [-0.2, -0.15) is 10.5 Å². The molecule has 6 heteroatoms. The Labute approximate surface area is 107 Å². The van der Waals surface area contributed by atoms with Gasteiger partial charge in [0.25, 0.3) is 0 Å². The van der Waals surface area contributed by atoms with E-state index in [1.165, 1.54) is 19.9 Å². The molecule has 0 radical (unpaired) electrons. The van der Waals surface area contributed by atoms with Crippen molar-refractivity contribution in [3.05, 3.63) is 40.0 Å². The third kappa shape index (κ3) is 2.43. The quantitative estimate of drug-likeness (QED) is 0.467. The predicted molar refractivity (Wildman–Crippen MR) is 59.5 cm³/mol. The summed E-state index contributed by atoms with van der Waals surface area (Å²) >= 11 is 0. The van der Waals surface area contributed by atoms with Crippen LogP contribution in [0.1, 0.15) is 25.0 Å². The van der Waals surface area contributed by atoms with Gasteiger partial charge in [0.05, 0.1) is 24.1 Å². The van der Waals surface area contributed by atoms with Crippen molar-refractivity contribution in [2.45, 2.75) is 20.3 Å². The van der Waals surface area contributed by atoms with Crippen LogP contribution in [0, 0.1) is 45.9 Å². The number of allylic oxidation sites excluding steroid dienone is 2. The Balaban J connectivity index is 3.74. The number of rotatable bonds is 2. The van der Waals surface area contributed by atoms with E-state index in [1.54, 1.807) is 6.07 Å². The summed E-state index contributed by atoms with van der Waals surface area (Å²) in [6, 6.07) is 3.07. The van der Waals surface area contributed by atoms with E-state index >= 15 is 0 Å². The summed E-state index contributed by atoms with van der Waals surface area (Å²) < 4.78 is 54.6. The Kier molecular flexibility index (Phi) is 4.29. The highest BCUT2D eigenvalue weighted by molar-refractivity contribution is 5.70. The molecule has 0 amide bonds. The molecule has 0 saturated carbocycles. The third-order valence-electron chi connectivity index (χ3n) is 2.72. The molecule has 98 valence electrons. The zero-order chi connectivity index (χ0) is 14.7. The smallest absolute Gasteiger partial charge is 0.169 e. The summed E-state index contributed by atoms with van der Waals surface area (Å²) in [6.45, 7) is 2.45. The molecular weight excluding hydrogens is 260 g/mol. The first-order valence-corrected chi connectivity index (χ1v) is 5.16. The molecule has 0 unspecified atom stereocenters. The average Bonchev–Trinajstić information content (AvgIpc) is 2.40. The number of hydrogen-bond acceptors (Lipinski definition) is 2. The molecule has 19 heavy (non-hydrogen) atoms. The predicted octanol–water partition coefficient (Wildman–Crippen LogP) is 3.63. The summed E-state index contributed by atoms with van der Waals surface area (Å²) in [5.41, 5.74) is -2.14. The van der Waals surface area contributed by atoms with Gasteiger partial charge >= 0.3 is 0 Å². The zero-order valence-electron chi connectivity index (χ0n) is 10.1. The molecule has 1 rings (SSSR count). The largest absolute Gasteiger partial charge is 0.203 e. The number of nitriles is 2. The lowest BCUT2D eigenvalue weighted by molar-refractivity contribution is 0.439. The zero-order valence-corrected chi connectivity index (χ0v) is 10.1. The number of hydrogen-bond donors (Lipinski definition) is 0. The van der Waals surface area contributed by atoms with Gasteiger partial charge in [-0.3, -0.25) is 0 Å². The highest BCUT2D eigenvalue weighted by Gasteiger charge is 2.26. The molecule has 0 aliphatic carbocycles. The number of halogens is 4. The van der Waals surface area contributed by atoms with Gasteiger partial charge in [-0.05, 0) is 19.4 Å². The van der Waals surface area contributed by atoms with Crippen LogP contribution >= 0.6 is 0 Å². The second-order valence-electron chi connectivity index (χ2n) is 3.81. The highest BCUT2D eigenvalue weighted by Crippen LogP contribution is 2.30. The van der Waals surface area contributed by atoms with E-state index < -0.39 is 40.8 Å². The van der Waals surface area contributed by atoms with E-state index in [0.717, 1.165) is 0 Å². The SMILES string of the molecule is CC(C#N)=C(C)c1c(F)c(F)c(CC#N)c(F)c1F. The van der Waals surface area contributed by atoms with Crippen molar-refractivity contribution in [1.82, 2.24) is 0 Å². The van der Waals surface area contributed by atoms with Crippen molar-refractivity contribution in [2.24, 2.45) is 0 Å². The first-order chi connectivity index (χ1) is 8.86. The molecule has 0 aliphatic heterocycles. The summed E-state index contributed by atoms with van der Waals surface area (Å²) in [5, 5.41) is 17.0. The van der Waals surface area contributed by atoms with Crippen molar-refractivity contribution in [3.8, 4) is 12.1 Å². The molecule has 0 aliphatic rings. The lowest BCUT2D eigenvalue weighted by atomic mass is 9.98. The molecule has 0 heterocycles. The van der Waals surface area contributed by atoms with Crippen LogP contribution in [0.25, 0.3) is 5.57 Å². The fourth-order valence-corrected chi connectivity index (χ4v) is 1.51. The molecule has 2 nitrogen and oxygen atoms in total. The van der Waals surface area contributed by atoms with E-state index in [-0.39, 0.29) is 11.1 Å². The second kappa shape index (κ2) is 5.53. The Hall–Kier alpha value is -2.34. The monoisotopic (exact) mass is 268 g/mol. The molecule has 0 saturated heterocycles. The maximum atomic E-state index is 13.7. The molecule has 0 atom stereocenters. The topological polar surface area (TPSA) is 47.6 Å². The minimum atomic E-state index is -1.61. The van der Waals surface area contributed by atoms with Gasteiger partial charge < -0.3 is 0 Å². The van der Waals surface area contributed by atoms with Crippen LogP contribution in [-0.2, 0) is 6.42 Å². The van der Waals surface area contributed by atoms with Crippen LogP contribution in [0.2, 0.25) is 0 Å². The fraction of sp³-hybridized carbons (Fsp3) is 0.231. The standard InChI is InChI=1S/C13H8F4N2/c1-6(5-19)7(2)9-12(16)10(14)8(3-4-18)11(15)13(9)17/h3H2,1-2H3. The van der Waals surface area contributed by atoms with E-state index in [2.05, 4.69) is 0 Å². The molecule has 0 spiro atoms. The van der Waals surface area contributed by atoms with Crippen molar-refractivity contribution in [1.29, 1.82) is 10.5 Å². The lowest BCUT2D eigenvalue weighted by Gasteiger charge is -2.11. The van der Waals surface area contributed by atoms with Crippen LogP contribution in [0.4, 0.5) is 17.6 Å². The minimum Gasteiger partial charge on any atom is -0.203 e. The summed E-state index contributed by atoms with van der Waals surface area (Å²) in [7, 11) is 0. The van der Waals surface area contributed by atoms with Crippen LogP contribution in [0.5, 0.6) is 0 Å². The van der Waals surface area contributed by atoms with Gasteiger partial charge in [0.1, 0.15) is 0 Å². The minimum absolute atomic E-state index is 0.0652. The molecule has 1 aromatic rings. The van der Waals surface area contributed by atoms with E-state index in [1.807, 2.05) is 0 Å². The Morgan fingerprint density at radius 3 is 1.79 bits per heavy atom. The van der Waals surface area contributed by atoms with Crippen molar-refractivity contribution < 1.29 is 17.6 Å². The van der Waals surface area contributed by atoms with Crippen LogP contribution < -0.4 is 0 Å². The maximum absolute atomic E-state index is 13.7. The number of benzene rings is 1. The van der Waals surface area contributed by atoms with Crippen LogP contribution in [0.15, 0.2) is 5.57 Å². The molecule has 1 aromatic carbocycles. The second-order valence-corrected chi connectivity index (χ2v) is 3.81. The Morgan fingerprint density at radius 1 is 0.947 bits per heavy atom. The molecular formula is C13H8F4N2. The van der Waals surface area contributed by atoms with Gasteiger partial charge in [0.2, 0.25) is 0 Å². The number of nitrogens with zero attached hydrogens (tertiary/aromatic N) is 2. The summed E-state index contributed by atoms with van der Waals surface area (Å²) in [4.78, 5) is 0. The van der Waals surface area contributed by atoms with Gasteiger partial charge in [-0.15, -0.1) is 0 Å². The van der Waals surface area contributed by atoms with Crippen molar-refractivity contribution in [2.75, 3.05) is 0 Å². The van der Waals surface area contributed by atoms with Gasteiger partial charge in [0.15, 0.2) is 23.3 Å². The molecule has 0 aromatic heterocycles. The fourth-order valence-electron chi connectivity index (χ4n) is 1.51. The van der Waals surface area contributed by atoms with E-state index in [4.69, 9.17) is 10.5 Å². The van der Waals surface area contributed by atoms with Crippen molar-refractivity contribution in [3.63, 3.8) is 0 Å². The summed E-state index contributed by atoms with van der Waals surface area (Å²) in [5.74, 6) is -6.42. The van der Waals surface area contributed by atoms with Gasteiger partial charge in [-0.25, -0.2) is 17.6 Å². The van der Waals surface area contributed by atoms with Gasteiger partial charge in [0, 0.05) is 11.1 Å². The summed E-state index contributed by atoms with van der Waals surface area (Å²) in [6.07, 6.45) is -0.786. The normalized spacial score (nSPS) is 11.6. The Bertz CT molecular complexity index is 619. The van der Waals surface area contributed by atoms with Crippen LogP contribution in [0.3, 0.4) is 0 Å². The van der Waals surface area contributed by atoms with Gasteiger partial charge in [-0.1, -0.05) is 0 Å². The Morgan fingerprint density at radius 2 is 1.42 bits per heavy atom. The maximum Gasteiger partial charge on any atom is 0.169 e. The van der Waals surface area contributed by atoms with Crippen molar-refractivity contribution >= 4 is 5.57 Å². The first kappa shape index (κ1) is 14.7. The van der Waals surface area contributed by atoms with E-state index in [9.17, 15) is 17.6 Å². The molecule has 0 bridgehead atoms. The van der Waals surface area contributed by atoms with E-state index in [0.29, 0.717) is 0 Å². The third-order valence-corrected chi connectivity index (χ3v) is 2.72. The highest BCUT2D eigenvalue weighted by atomic mass is 19.2. The molecule has 0 fully saturated rings. The average molecular weight is 268 g/mol.